The number of hydrogen-bond acceptors (Lipinski definition) is 7. The summed E-state index contributed by atoms with van der Waals surface area (Å²) < 4.78 is 18.6. The Morgan fingerprint density at radius 3 is 2.35 bits per heavy atom. The second-order valence-corrected chi connectivity index (χ2v) is 17.0. The third kappa shape index (κ3) is 5.00. The van der Waals surface area contributed by atoms with Gasteiger partial charge < -0.3 is 34.6 Å². The molecule has 4 aliphatic carbocycles. The highest BCUT2D eigenvalue weighted by molar-refractivity contribution is 6.22. The predicted octanol–water partition coefficient (Wildman–Crippen LogP) is 5.28. The summed E-state index contributed by atoms with van der Waals surface area (Å²) in [6.07, 6.45) is 5.00. The van der Waals surface area contributed by atoms with Crippen LogP contribution in [0.3, 0.4) is 0 Å². The maximum Gasteiger partial charge on any atom is 0.187 e. The Morgan fingerprint density at radius 2 is 1.67 bits per heavy atom. The van der Waals surface area contributed by atoms with Crippen LogP contribution < -0.4 is 0 Å². The summed E-state index contributed by atoms with van der Waals surface area (Å²) in [5, 5.41) is 40.6. The van der Waals surface area contributed by atoms with E-state index in [9.17, 15) is 20.4 Å². The number of halogens is 1. The quantitative estimate of drug-likeness (QED) is 0.157. The number of alkyl halides is 1. The van der Waals surface area contributed by atoms with E-state index in [1.807, 2.05) is 0 Å². The van der Waals surface area contributed by atoms with Crippen LogP contribution in [0.15, 0.2) is 0 Å². The summed E-state index contributed by atoms with van der Waals surface area (Å²) in [6.45, 7) is 14.2. The van der Waals surface area contributed by atoms with Gasteiger partial charge in [-0.2, -0.15) is 0 Å². The van der Waals surface area contributed by atoms with Crippen LogP contribution in [0.5, 0.6) is 0 Å². The zero-order chi connectivity index (χ0) is 31.1. The molecule has 7 nitrogen and oxygen atoms in total. The average Bonchev–Trinajstić information content (AvgIpc) is 3.65. The van der Waals surface area contributed by atoms with Crippen molar-refractivity contribution >= 4 is 11.6 Å². The standard InChI is InChI=1S/C35H59ClO7/c1-7-20(18(2)3)9-8-19(4)22-10-11-23-21-16-27(36)35-31(43-35)25(13-15-34(35,6)24(21)12-14-33(22,23)5)41-32-30(40)29(39)28(38)26(17-37)42-32/h18-32,37-40H,7-17H2,1-6H3/t19-,20-,21+,22-,23+,24+,25+,26-,27+,28-,29+,30-,31+,32-,33-,34-,35+/m1/s1. The molecule has 17 atom stereocenters. The maximum atomic E-state index is 10.6. The summed E-state index contributed by atoms with van der Waals surface area (Å²) in [4.78, 5) is 0. The van der Waals surface area contributed by atoms with Gasteiger partial charge in [0.15, 0.2) is 6.29 Å². The fourth-order valence-electron chi connectivity index (χ4n) is 11.8. The first kappa shape index (κ1) is 32.9. The lowest BCUT2D eigenvalue weighted by Crippen LogP contribution is -2.64. The number of epoxide rings is 1. The molecule has 1 spiro atoms. The Morgan fingerprint density at radius 1 is 0.930 bits per heavy atom. The van der Waals surface area contributed by atoms with Crippen LogP contribution in [0, 0.1) is 52.3 Å². The van der Waals surface area contributed by atoms with Crippen molar-refractivity contribution in [1.29, 1.82) is 0 Å². The minimum Gasteiger partial charge on any atom is -0.394 e. The largest absolute Gasteiger partial charge is 0.394 e. The molecule has 248 valence electrons. The Hall–Kier alpha value is 0.01000. The lowest BCUT2D eigenvalue weighted by atomic mass is 9.44. The van der Waals surface area contributed by atoms with E-state index >= 15 is 0 Å². The van der Waals surface area contributed by atoms with Crippen LogP contribution in [0.2, 0.25) is 0 Å². The van der Waals surface area contributed by atoms with Crippen molar-refractivity contribution in [2.75, 3.05) is 6.61 Å². The van der Waals surface area contributed by atoms with Gasteiger partial charge in [0.05, 0.1) is 18.1 Å². The van der Waals surface area contributed by atoms with Gasteiger partial charge in [0.2, 0.25) is 0 Å². The van der Waals surface area contributed by atoms with Crippen molar-refractivity contribution < 1.29 is 34.6 Å². The van der Waals surface area contributed by atoms with E-state index < -0.39 is 42.9 Å². The first-order valence-corrected chi connectivity index (χ1v) is 18.1. The number of ether oxygens (including phenoxy) is 3. The molecular formula is C35H59ClO7. The van der Waals surface area contributed by atoms with Gasteiger partial charge in [0.1, 0.15) is 36.1 Å². The van der Waals surface area contributed by atoms with Gasteiger partial charge in [-0.1, -0.05) is 54.4 Å². The third-order valence-electron chi connectivity index (χ3n) is 14.4. The summed E-state index contributed by atoms with van der Waals surface area (Å²) in [6, 6.07) is 0. The molecule has 2 aliphatic heterocycles. The zero-order valence-electron chi connectivity index (χ0n) is 27.3. The van der Waals surface area contributed by atoms with E-state index in [2.05, 4.69) is 41.5 Å². The molecular weight excluding hydrogens is 568 g/mol. The number of hydrogen-bond donors (Lipinski definition) is 4. The SMILES string of the molecule is CC[C@H](CC[C@@H](C)[C@H]1CC[C@H]2[C@@H]3C[C@H](Cl)[C@]45O[C@H]4[C@@H](O[C@@H]4O[C@H](CO)[C@@H](O)[C@H](O)[C@H]4O)CC[C@]5(C)[C@H]3CC[C@]12C)C(C)C. The van der Waals surface area contributed by atoms with Gasteiger partial charge >= 0.3 is 0 Å². The highest BCUT2D eigenvalue weighted by atomic mass is 35.5. The molecule has 6 rings (SSSR count). The minimum atomic E-state index is -1.45. The minimum absolute atomic E-state index is 0.0289. The fraction of sp³-hybridized carbons (Fsp3) is 1.00. The summed E-state index contributed by atoms with van der Waals surface area (Å²) >= 11 is 7.40. The molecule has 6 fully saturated rings. The van der Waals surface area contributed by atoms with E-state index in [0.29, 0.717) is 17.3 Å². The molecule has 0 unspecified atom stereocenters. The Bertz CT molecular complexity index is 995. The van der Waals surface area contributed by atoms with Gasteiger partial charge in [-0.15, -0.1) is 11.6 Å². The molecule has 2 heterocycles. The van der Waals surface area contributed by atoms with Crippen LogP contribution in [0.1, 0.15) is 106 Å². The van der Waals surface area contributed by atoms with Gasteiger partial charge in [0, 0.05) is 5.41 Å². The van der Waals surface area contributed by atoms with Crippen LogP contribution in [-0.2, 0) is 14.2 Å². The van der Waals surface area contributed by atoms with E-state index in [1.165, 1.54) is 44.9 Å². The Balaban J connectivity index is 1.14. The van der Waals surface area contributed by atoms with E-state index in [0.717, 1.165) is 48.9 Å². The van der Waals surface area contributed by atoms with Crippen LogP contribution in [0.4, 0.5) is 0 Å². The van der Waals surface area contributed by atoms with Crippen molar-refractivity contribution in [2.24, 2.45) is 52.3 Å². The highest BCUT2D eigenvalue weighted by Gasteiger charge is 2.80. The molecule has 0 aromatic heterocycles. The summed E-state index contributed by atoms with van der Waals surface area (Å²) in [5.41, 5.74) is -0.0818. The molecule has 0 amide bonds. The monoisotopic (exact) mass is 626 g/mol. The molecule has 6 aliphatic rings. The topological polar surface area (TPSA) is 112 Å². The maximum absolute atomic E-state index is 10.6. The summed E-state index contributed by atoms with van der Waals surface area (Å²) in [5.74, 6) is 5.10. The van der Waals surface area contributed by atoms with Crippen molar-refractivity contribution in [1.82, 2.24) is 0 Å². The predicted molar refractivity (Wildman–Crippen MR) is 165 cm³/mol. The van der Waals surface area contributed by atoms with Crippen molar-refractivity contribution in [2.45, 2.75) is 160 Å². The van der Waals surface area contributed by atoms with Crippen LogP contribution >= 0.6 is 11.6 Å². The first-order valence-electron chi connectivity index (χ1n) is 17.6. The number of aliphatic hydroxyl groups is 4. The Labute approximate surface area is 264 Å². The average molecular weight is 627 g/mol. The molecule has 8 heteroatoms. The molecule has 0 bridgehead atoms. The van der Waals surface area contributed by atoms with Gasteiger partial charge in [-0.05, 0) is 98.2 Å². The first-order chi connectivity index (χ1) is 20.3. The third-order valence-corrected chi connectivity index (χ3v) is 14.9. The molecule has 43 heavy (non-hydrogen) atoms. The van der Waals surface area contributed by atoms with Crippen molar-refractivity contribution in [3.63, 3.8) is 0 Å². The smallest absolute Gasteiger partial charge is 0.187 e. The second-order valence-electron chi connectivity index (χ2n) is 16.4. The summed E-state index contributed by atoms with van der Waals surface area (Å²) in [7, 11) is 0. The van der Waals surface area contributed by atoms with Crippen molar-refractivity contribution in [3.05, 3.63) is 0 Å². The zero-order valence-corrected chi connectivity index (χ0v) is 28.1. The molecule has 4 N–H and O–H groups in total. The van der Waals surface area contributed by atoms with E-state index in [4.69, 9.17) is 25.8 Å². The fourth-order valence-corrected chi connectivity index (χ4v) is 12.5. The molecule has 2 saturated heterocycles. The van der Waals surface area contributed by atoms with E-state index in [1.54, 1.807) is 0 Å². The highest BCUT2D eigenvalue weighted by Crippen LogP contribution is 2.74. The van der Waals surface area contributed by atoms with Gasteiger partial charge in [-0.25, -0.2) is 0 Å². The Kier molecular flexibility index (Phi) is 9.12. The van der Waals surface area contributed by atoms with Crippen LogP contribution in [-0.4, -0.2) is 80.9 Å². The molecule has 0 aromatic rings. The van der Waals surface area contributed by atoms with Crippen molar-refractivity contribution in [3.8, 4) is 0 Å². The van der Waals surface area contributed by atoms with E-state index in [-0.39, 0.29) is 23.0 Å². The number of aliphatic hydroxyl groups excluding tert-OH is 4. The van der Waals surface area contributed by atoms with Gasteiger partial charge in [0.25, 0.3) is 0 Å². The lowest BCUT2D eigenvalue weighted by Gasteiger charge is -2.61. The van der Waals surface area contributed by atoms with Crippen LogP contribution in [0.25, 0.3) is 0 Å². The number of fused-ring (bicyclic) bond motifs is 4. The molecule has 0 aromatic carbocycles. The molecule has 0 radical (unpaired) electrons. The molecule has 4 saturated carbocycles. The second kappa shape index (κ2) is 11.9. The van der Waals surface area contributed by atoms with Gasteiger partial charge in [-0.3, -0.25) is 0 Å². The number of rotatable bonds is 9. The lowest BCUT2D eigenvalue weighted by molar-refractivity contribution is -0.314. The normalized spacial score (nSPS) is 53.9.